The van der Waals surface area contributed by atoms with E-state index in [2.05, 4.69) is 68.4 Å². The number of hydrogen-bond acceptors (Lipinski definition) is 6. The molecule has 0 spiro atoms. The molecule has 5 aromatic carbocycles. The van der Waals surface area contributed by atoms with Crippen LogP contribution in [-0.4, -0.2) is 32.8 Å². The van der Waals surface area contributed by atoms with E-state index < -0.39 is 0 Å². The van der Waals surface area contributed by atoms with Gasteiger partial charge in [0.2, 0.25) is 0 Å². The van der Waals surface area contributed by atoms with Crippen LogP contribution in [0, 0.1) is 5.92 Å². The first-order valence-corrected chi connectivity index (χ1v) is 16.2. The first-order valence-electron chi connectivity index (χ1n) is 16.2. The Morgan fingerprint density at radius 2 is 1.48 bits per heavy atom. The normalized spacial score (nSPS) is 14.6. The summed E-state index contributed by atoms with van der Waals surface area (Å²) in [6, 6.07) is 25.0. The lowest BCUT2D eigenvalue weighted by Crippen LogP contribution is -2.14. The monoisotopic (exact) mass is 585 g/mol. The van der Waals surface area contributed by atoms with Gasteiger partial charge in [0, 0.05) is 11.6 Å². The summed E-state index contributed by atoms with van der Waals surface area (Å²) in [5.74, 6) is 2.13. The number of aromatic hydroxyl groups is 1. The highest BCUT2D eigenvalue weighted by Gasteiger charge is 2.22. The highest BCUT2D eigenvalue weighted by atomic mass is 16.5. The zero-order chi connectivity index (χ0) is 30.0. The number of aromatic nitrogens is 3. The van der Waals surface area contributed by atoms with Crippen LogP contribution in [-0.2, 0) is 0 Å². The van der Waals surface area contributed by atoms with E-state index in [9.17, 15) is 5.11 Å². The minimum atomic E-state index is 0.0726. The lowest BCUT2D eigenvalue weighted by molar-refractivity contribution is 0.192. The lowest BCUT2D eigenvalue weighted by Gasteiger charge is -2.17. The Hall–Kier alpha value is -4.45. The molecular weight excluding hydrogens is 546 g/mol. The maximum Gasteiger partial charge on any atom is 0.320 e. The summed E-state index contributed by atoms with van der Waals surface area (Å²) in [6.07, 6.45) is 8.96. The third-order valence-corrected chi connectivity index (χ3v) is 9.20. The smallest absolute Gasteiger partial charge is 0.320 e. The molecule has 6 heteroatoms. The van der Waals surface area contributed by atoms with E-state index in [0.717, 1.165) is 49.5 Å². The van der Waals surface area contributed by atoms with Crippen molar-refractivity contribution in [2.45, 2.75) is 71.3 Å². The molecule has 0 saturated heterocycles. The summed E-state index contributed by atoms with van der Waals surface area (Å²) >= 11 is 0. The van der Waals surface area contributed by atoms with Gasteiger partial charge in [0.05, 0.1) is 12.2 Å². The van der Waals surface area contributed by atoms with Gasteiger partial charge in [-0.2, -0.15) is 9.97 Å². The van der Waals surface area contributed by atoms with Crippen LogP contribution in [0.4, 0.5) is 0 Å². The van der Waals surface area contributed by atoms with Gasteiger partial charge in [-0.3, -0.25) is 0 Å². The zero-order valence-electron chi connectivity index (χ0n) is 25.6. The van der Waals surface area contributed by atoms with Crippen molar-refractivity contribution in [3.05, 3.63) is 72.8 Å². The fourth-order valence-corrected chi connectivity index (χ4v) is 6.64. The fraction of sp³-hybridized carbons (Fsp3) is 0.342. The summed E-state index contributed by atoms with van der Waals surface area (Å²) < 4.78 is 12.4. The number of nitrogens with zero attached hydrogens (tertiary/aromatic N) is 3. The van der Waals surface area contributed by atoms with Crippen molar-refractivity contribution >= 4 is 32.3 Å². The van der Waals surface area contributed by atoms with Crippen LogP contribution in [0.2, 0.25) is 0 Å². The number of benzene rings is 5. The molecule has 1 heterocycles. The van der Waals surface area contributed by atoms with Crippen LogP contribution in [0.5, 0.6) is 17.5 Å². The first-order chi connectivity index (χ1) is 21.6. The lowest BCUT2D eigenvalue weighted by atomic mass is 9.92. The van der Waals surface area contributed by atoms with E-state index in [0.29, 0.717) is 41.5 Å². The molecule has 1 aromatic heterocycles. The molecule has 6 nitrogen and oxygen atoms in total. The van der Waals surface area contributed by atoms with E-state index in [1.165, 1.54) is 39.8 Å². The van der Waals surface area contributed by atoms with E-state index >= 15 is 0 Å². The molecule has 224 valence electrons. The molecular formula is C38H39N3O3. The van der Waals surface area contributed by atoms with Crippen LogP contribution >= 0.6 is 0 Å². The summed E-state index contributed by atoms with van der Waals surface area (Å²) in [4.78, 5) is 14.5. The minimum absolute atomic E-state index is 0.0726. The van der Waals surface area contributed by atoms with Crippen LogP contribution in [0.15, 0.2) is 72.8 Å². The Labute approximate surface area is 258 Å². The number of phenols is 1. The van der Waals surface area contributed by atoms with Gasteiger partial charge in [-0.1, -0.05) is 81.6 Å². The molecule has 1 aliphatic rings. The van der Waals surface area contributed by atoms with E-state index in [1.54, 1.807) is 6.07 Å². The first kappa shape index (κ1) is 28.3. The molecule has 1 saturated carbocycles. The number of ether oxygens (including phenoxy) is 2. The fourth-order valence-electron chi connectivity index (χ4n) is 6.64. The number of rotatable bonds is 11. The molecule has 1 aliphatic carbocycles. The molecule has 0 amide bonds. The second kappa shape index (κ2) is 12.3. The van der Waals surface area contributed by atoms with Crippen molar-refractivity contribution in [2.24, 2.45) is 5.92 Å². The molecule has 0 radical (unpaired) electrons. The Bertz CT molecular complexity index is 1900. The molecule has 1 N–H and O–H groups in total. The molecule has 0 bridgehead atoms. The SMILES string of the molecule is CCCCC(CC)COc1ccc(-c2nc(OC3CCCC3)nc(-c3ccc4ccc5cccc6ccc3c4c56)n2)c(O)c1. The van der Waals surface area contributed by atoms with E-state index in [-0.39, 0.29) is 11.9 Å². The van der Waals surface area contributed by atoms with Gasteiger partial charge < -0.3 is 14.6 Å². The Balaban J connectivity index is 1.29. The largest absolute Gasteiger partial charge is 0.507 e. The van der Waals surface area contributed by atoms with E-state index in [1.807, 2.05) is 12.1 Å². The Kier molecular flexibility index (Phi) is 7.90. The number of phenolic OH excluding ortho intramolecular Hbond substituents is 1. The van der Waals surface area contributed by atoms with Crippen LogP contribution in [0.25, 0.3) is 55.1 Å². The maximum atomic E-state index is 11.2. The maximum absolute atomic E-state index is 11.2. The molecule has 6 aromatic rings. The van der Waals surface area contributed by atoms with Crippen LogP contribution in [0.3, 0.4) is 0 Å². The van der Waals surface area contributed by atoms with Gasteiger partial charge in [0.15, 0.2) is 11.6 Å². The third kappa shape index (κ3) is 5.49. The van der Waals surface area contributed by atoms with Crippen molar-refractivity contribution < 1.29 is 14.6 Å². The highest BCUT2D eigenvalue weighted by Crippen LogP contribution is 2.40. The molecule has 1 atom stereocenters. The molecule has 44 heavy (non-hydrogen) atoms. The van der Waals surface area contributed by atoms with Crippen molar-refractivity contribution in [1.82, 2.24) is 15.0 Å². The Morgan fingerprint density at radius 1 is 0.795 bits per heavy atom. The minimum Gasteiger partial charge on any atom is -0.507 e. The zero-order valence-corrected chi connectivity index (χ0v) is 25.6. The van der Waals surface area contributed by atoms with Crippen molar-refractivity contribution in [3.63, 3.8) is 0 Å². The molecule has 1 unspecified atom stereocenters. The van der Waals surface area contributed by atoms with Crippen molar-refractivity contribution in [1.29, 1.82) is 0 Å². The predicted octanol–water partition coefficient (Wildman–Crippen LogP) is 9.73. The summed E-state index contributed by atoms with van der Waals surface area (Å²) in [5.41, 5.74) is 1.43. The van der Waals surface area contributed by atoms with Gasteiger partial charge >= 0.3 is 6.01 Å². The highest BCUT2D eigenvalue weighted by molar-refractivity contribution is 6.25. The van der Waals surface area contributed by atoms with Crippen molar-refractivity contribution in [3.8, 4) is 40.3 Å². The quantitative estimate of drug-likeness (QED) is 0.153. The van der Waals surface area contributed by atoms with Gasteiger partial charge in [-0.25, -0.2) is 4.98 Å². The van der Waals surface area contributed by atoms with Gasteiger partial charge in [-0.05, 0) is 88.5 Å². The van der Waals surface area contributed by atoms with Crippen molar-refractivity contribution in [2.75, 3.05) is 6.61 Å². The van der Waals surface area contributed by atoms with Gasteiger partial charge in [0.25, 0.3) is 0 Å². The van der Waals surface area contributed by atoms with E-state index in [4.69, 9.17) is 24.4 Å². The van der Waals surface area contributed by atoms with Crippen LogP contribution in [0.1, 0.15) is 65.2 Å². The second-order valence-electron chi connectivity index (χ2n) is 12.2. The summed E-state index contributed by atoms with van der Waals surface area (Å²) in [5, 5.41) is 18.3. The molecule has 0 aliphatic heterocycles. The third-order valence-electron chi connectivity index (χ3n) is 9.20. The average Bonchev–Trinajstić information content (AvgIpc) is 3.56. The summed E-state index contributed by atoms with van der Waals surface area (Å²) in [6.45, 7) is 5.05. The van der Waals surface area contributed by atoms with Crippen LogP contribution < -0.4 is 9.47 Å². The summed E-state index contributed by atoms with van der Waals surface area (Å²) in [7, 11) is 0. The predicted molar refractivity (Wildman–Crippen MR) is 178 cm³/mol. The molecule has 7 rings (SSSR count). The molecule has 1 fully saturated rings. The number of hydrogen-bond donors (Lipinski definition) is 1. The van der Waals surface area contributed by atoms with Gasteiger partial charge in [-0.15, -0.1) is 0 Å². The Morgan fingerprint density at radius 3 is 2.20 bits per heavy atom. The van der Waals surface area contributed by atoms with Gasteiger partial charge in [0.1, 0.15) is 17.6 Å². The average molecular weight is 586 g/mol. The standard InChI is InChI=1S/C38H39N3O3/c1-3-5-9-24(4-2)23-43-29-18-21-32(33(42)22-29)37-39-36(40-38(41-37)44-28-12-6-7-13-28)31-20-17-27-15-14-25-10-8-11-26-16-19-30(31)35(27)34(25)26/h8,10-11,14-22,24,28,42H,3-7,9,12-13,23H2,1-2H3. The number of unbranched alkanes of at least 4 members (excludes halogenated alkanes) is 1. The topological polar surface area (TPSA) is 77.4 Å². The second-order valence-corrected chi connectivity index (χ2v) is 12.2.